The fourth-order valence-electron chi connectivity index (χ4n) is 1.69. The lowest BCUT2D eigenvalue weighted by Crippen LogP contribution is -2.26. The van der Waals surface area contributed by atoms with Gasteiger partial charge >= 0.3 is 0 Å². The van der Waals surface area contributed by atoms with Crippen molar-refractivity contribution in [2.75, 3.05) is 26.4 Å². The van der Waals surface area contributed by atoms with Crippen LogP contribution in [-0.4, -0.2) is 37.4 Å². The Bertz CT molecular complexity index is 366. The highest BCUT2D eigenvalue weighted by Gasteiger charge is 2.08. The maximum Gasteiger partial charge on any atom is 0.251 e. The molecule has 1 amide bonds. The molecule has 0 aliphatic heterocycles. The quantitative estimate of drug-likeness (QED) is 0.686. The standard InChI is InChI=1S/C14H21NO3/c1-2-12-6-3-4-7-13(12)14(17)15-8-5-10-18-11-9-16/h3-4,6-7,16H,2,5,8-11H2,1H3,(H,15,17). The van der Waals surface area contributed by atoms with Gasteiger partial charge in [-0.2, -0.15) is 0 Å². The van der Waals surface area contributed by atoms with Crippen molar-refractivity contribution < 1.29 is 14.6 Å². The van der Waals surface area contributed by atoms with Gasteiger partial charge in [0.15, 0.2) is 0 Å². The molecule has 100 valence electrons. The number of benzene rings is 1. The average molecular weight is 251 g/mol. The third kappa shape index (κ3) is 4.85. The Labute approximate surface area is 108 Å². The van der Waals surface area contributed by atoms with E-state index < -0.39 is 0 Å². The van der Waals surface area contributed by atoms with Crippen LogP contribution in [0.15, 0.2) is 24.3 Å². The Kier molecular flexibility index (Phi) is 7.06. The van der Waals surface area contributed by atoms with Crippen LogP contribution >= 0.6 is 0 Å². The summed E-state index contributed by atoms with van der Waals surface area (Å²) >= 11 is 0. The minimum absolute atomic E-state index is 0.0328. The van der Waals surface area contributed by atoms with Crippen molar-refractivity contribution in [2.45, 2.75) is 19.8 Å². The Hall–Kier alpha value is -1.39. The number of hydrogen-bond acceptors (Lipinski definition) is 3. The molecular formula is C14H21NO3. The van der Waals surface area contributed by atoms with Crippen molar-refractivity contribution in [3.05, 3.63) is 35.4 Å². The van der Waals surface area contributed by atoms with Gasteiger partial charge in [-0.25, -0.2) is 0 Å². The Morgan fingerprint density at radius 2 is 2.11 bits per heavy atom. The van der Waals surface area contributed by atoms with Crippen molar-refractivity contribution in [1.82, 2.24) is 5.32 Å². The number of aryl methyl sites for hydroxylation is 1. The minimum atomic E-state index is -0.0328. The molecule has 2 N–H and O–H groups in total. The van der Waals surface area contributed by atoms with E-state index in [1.165, 1.54) is 0 Å². The second-order valence-electron chi connectivity index (χ2n) is 3.96. The number of ether oxygens (including phenoxy) is 1. The number of rotatable bonds is 8. The number of hydrogen-bond donors (Lipinski definition) is 2. The van der Waals surface area contributed by atoms with Gasteiger partial charge in [0.2, 0.25) is 0 Å². The maximum absolute atomic E-state index is 11.9. The fourth-order valence-corrected chi connectivity index (χ4v) is 1.69. The van der Waals surface area contributed by atoms with Crippen LogP contribution in [0.2, 0.25) is 0 Å². The van der Waals surface area contributed by atoms with Crippen LogP contribution < -0.4 is 5.32 Å². The van der Waals surface area contributed by atoms with E-state index in [1.54, 1.807) is 0 Å². The molecule has 0 radical (unpaired) electrons. The first kappa shape index (κ1) is 14.7. The highest BCUT2D eigenvalue weighted by Crippen LogP contribution is 2.08. The SMILES string of the molecule is CCc1ccccc1C(=O)NCCCOCCO. The molecule has 0 bridgehead atoms. The molecule has 18 heavy (non-hydrogen) atoms. The van der Waals surface area contributed by atoms with Crippen molar-refractivity contribution in [3.63, 3.8) is 0 Å². The molecule has 4 nitrogen and oxygen atoms in total. The Balaban J connectivity index is 2.32. The summed E-state index contributed by atoms with van der Waals surface area (Å²) in [5.74, 6) is -0.0328. The predicted octanol–water partition coefficient (Wildman–Crippen LogP) is 1.38. The molecule has 1 aromatic rings. The first-order chi connectivity index (χ1) is 8.79. The van der Waals surface area contributed by atoms with Crippen molar-refractivity contribution >= 4 is 5.91 Å². The maximum atomic E-state index is 11.9. The zero-order valence-electron chi connectivity index (χ0n) is 10.8. The number of amides is 1. The summed E-state index contributed by atoms with van der Waals surface area (Å²) in [6.45, 7) is 3.57. The lowest BCUT2D eigenvalue weighted by Gasteiger charge is -2.08. The molecule has 0 atom stereocenters. The zero-order valence-corrected chi connectivity index (χ0v) is 10.8. The van der Waals surface area contributed by atoms with Gasteiger partial charge in [0.05, 0.1) is 13.2 Å². The van der Waals surface area contributed by atoms with Gasteiger partial charge in [-0.15, -0.1) is 0 Å². The number of carbonyl (C=O) groups is 1. The van der Waals surface area contributed by atoms with E-state index in [0.29, 0.717) is 19.8 Å². The highest BCUT2D eigenvalue weighted by atomic mass is 16.5. The monoisotopic (exact) mass is 251 g/mol. The average Bonchev–Trinajstić information content (AvgIpc) is 2.42. The van der Waals surface area contributed by atoms with Crippen molar-refractivity contribution in [1.29, 1.82) is 0 Å². The molecule has 0 unspecified atom stereocenters. The first-order valence-corrected chi connectivity index (χ1v) is 6.34. The number of aliphatic hydroxyl groups excluding tert-OH is 1. The van der Waals surface area contributed by atoms with E-state index in [2.05, 4.69) is 5.32 Å². The van der Waals surface area contributed by atoms with Gasteiger partial charge in [-0.05, 0) is 24.5 Å². The molecule has 0 fully saturated rings. The lowest BCUT2D eigenvalue weighted by atomic mass is 10.0. The summed E-state index contributed by atoms with van der Waals surface area (Å²) in [5.41, 5.74) is 1.81. The van der Waals surface area contributed by atoms with Crippen LogP contribution in [0, 0.1) is 0 Å². The van der Waals surface area contributed by atoms with Crippen LogP contribution in [0.25, 0.3) is 0 Å². The normalized spacial score (nSPS) is 10.3. The van der Waals surface area contributed by atoms with Crippen LogP contribution in [-0.2, 0) is 11.2 Å². The molecule has 4 heteroatoms. The van der Waals surface area contributed by atoms with Gasteiger partial charge < -0.3 is 15.2 Å². The lowest BCUT2D eigenvalue weighted by molar-refractivity contribution is 0.0867. The third-order valence-electron chi connectivity index (χ3n) is 2.63. The number of aliphatic hydroxyl groups is 1. The Morgan fingerprint density at radius 3 is 2.83 bits per heavy atom. The van der Waals surface area contributed by atoms with Crippen molar-refractivity contribution in [2.24, 2.45) is 0 Å². The molecule has 0 saturated heterocycles. The van der Waals surface area contributed by atoms with E-state index in [-0.39, 0.29) is 12.5 Å². The van der Waals surface area contributed by atoms with Crippen LogP contribution in [0.1, 0.15) is 29.3 Å². The second-order valence-corrected chi connectivity index (χ2v) is 3.96. The molecule has 0 heterocycles. The predicted molar refractivity (Wildman–Crippen MR) is 70.7 cm³/mol. The highest BCUT2D eigenvalue weighted by molar-refractivity contribution is 5.95. The summed E-state index contributed by atoms with van der Waals surface area (Å²) in [5, 5.41) is 11.4. The number of carbonyl (C=O) groups excluding carboxylic acids is 1. The molecule has 0 aromatic heterocycles. The minimum Gasteiger partial charge on any atom is -0.394 e. The van der Waals surface area contributed by atoms with Gasteiger partial charge in [0.25, 0.3) is 5.91 Å². The van der Waals surface area contributed by atoms with E-state index in [0.717, 1.165) is 24.0 Å². The number of nitrogens with one attached hydrogen (secondary N) is 1. The van der Waals surface area contributed by atoms with Gasteiger partial charge in [0, 0.05) is 18.7 Å². The van der Waals surface area contributed by atoms with E-state index in [9.17, 15) is 4.79 Å². The summed E-state index contributed by atoms with van der Waals surface area (Å²) in [7, 11) is 0. The van der Waals surface area contributed by atoms with Gasteiger partial charge in [-0.3, -0.25) is 4.79 Å². The molecule has 0 aliphatic rings. The molecular weight excluding hydrogens is 230 g/mol. The molecule has 1 aromatic carbocycles. The van der Waals surface area contributed by atoms with E-state index in [4.69, 9.17) is 9.84 Å². The van der Waals surface area contributed by atoms with Gasteiger partial charge in [0.1, 0.15) is 0 Å². The molecule has 0 spiro atoms. The summed E-state index contributed by atoms with van der Waals surface area (Å²) in [6, 6.07) is 7.63. The second kappa shape index (κ2) is 8.66. The van der Waals surface area contributed by atoms with Crippen LogP contribution in [0.5, 0.6) is 0 Å². The molecule has 1 rings (SSSR count). The molecule has 0 saturated carbocycles. The smallest absolute Gasteiger partial charge is 0.251 e. The third-order valence-corrected chi connectivity index (χ3v) is 2.63. The van der Waals surface area contributed by atoms with Gasteiger partial charge in [-0.1, -0.05) is 25.1 Å². The largest absolute Gasteiger partial charge is 0.394 e. The first-order valence-electron chi connectivity index (χ1n) is 6.34. The fraction of sp³-hybridized carbons (Fsp3) is 0.500. The van der Waals surface area contributed by atoms with E-state index in [1.807, 2.05) is 31.2 Å². The summed E-state index contributed by atoms with van der Waals surface area (Å²) in [4.78, 5) is 11.9. The molecule has 0 aliphatic carbocycles. The Morgan fingerprint density at radius 1 is 1.33 bits per heavy atom. The van der Waals surface area contributed by atoms with Crippen molar-refractivity contribution in [3.8, 4) is 0 Å². The zero-order chi connectivity index (χ0) is 13.2. The van der Waals surface area contributed by atoms with Crippen LogP contribution in [0.3, 0.4) is 0 Å². The topological polar surface area (TPSA) is 58.6 Å². The summed E-state index contributed by atoms with van der Waals surface area (Å²) < 4.78 is 5.11. The van der Waals surface area contributed by atoms with E-state index >= 15 is 0 Å². The summed E-state index contributed by atoms with van der Waals surface area (Å²) in [6.07, 6.45) is 1.60. The van der Waals surface area contributed by atoms with Crippen LogP contribution in [0.4, 0.5) is 0 Å².